The smallest absolute Gasteiger partial charge is 0.131 e. The summed E-state index contributed by atoms with van der Waals surface area (Å²) < 4.78 is 6.13. The summed E-state index contributed by atoms with van der Waals surface area (Å²) in [4.78, 5) is 11.9. The third-order valence-electron chi connectivity index (χ3n) is 4.91. The highest BCUT2D eigenvalue weighted by molar-refractivity contribution is 5.69. The van der Waals surface area contributed by atoms with Crippen molar-refractivity contribution in [3.05, 3.63) is 71.8 Å². The molecular formula is C23H26O2. The number of fused-ring (bicyclic) bond motifs is 1. The fraction of sp³-hybridized carbons (Fsp3) is 0.348. The molecule has 0 bridgehead atoms. The number of para-hydroxylation sites is 1. The number of carbonyl (C=O) groups excluding carboxylic acids is 1. The molecule has 0 unspecified atom stereocenters. The van der Waals surface area contributed by atoms with Gasteiger partial charge < -0.3 is 9.53 Å². The standard InChI is InChI=1S/C23H26O2/c1-2-3-4-6-13-19(17-24)21-16-23(18-11-7-5-8-12-18)25-22-15-10-9-14-20(21)22/h5,7-12,14-17,19,21H,2-4,6,13H2,1H3/t19-,21+/m0/s1. The van der Waals surface area contributed by atoms with Crippen LogP contribution in [-0.2, 0) is 4.79 Å². The monoisotopic (exact) mass is 334 g/mol. The average Bonchev–Trinajstić information content (AvgIpc) is 2.68. The molecular weight excluding hydrogens is 308 g/mol. The van der Waals surface area contributed by atoms with E-state index in [0.717, 1.165) is 41.8 Å². The second kappa shape index (κ2) is 8.66. The molecule has 2 nitrogen and oxygen atoms in total. The van der Waals surface area contributed by atoms with Gasteiger partial charge in [0, 0.05) is 23.0 Å². The predicted octanol–water partition coefficient (Wildman–Crippen LogP) is 5.99. The van der Waals surface area contributed by atoms with Crippen molar-refractivity contribution in [2.45, 2.75) is 44.9 Å². The van der Waals surface area contributed by atoms with Gasteiger partial charge in [0.05, 0.1) is 0 Å². The molecule has 2 heteroatoms. The van der Waals surface area contributed by atoms with Crippen molar-refractivity contribution in [2.24, 2.45) is 5.92 Å². The van der Waals surface area contributed by atoms with Gasteiger partial charge in [-0.3, -0.25) is 0 Å². The Bertz CT molecular complexity index is 718. The van der Waals surface area contributed by atoms with E-state index in [-0.39, 0.29) is 11.8 Å². The first kappa shape index (κ1) is 17.5. The number of rotatable bonds is 8. The Morgan fingerprint density at radius 3 is 2.52 bits per heavy atom. The first-order valence-corrected chi connectivity index (χ1v) is 9.32. The Labute approximate surface area is 150 Å². The number of benzene rings is 2. The zero-order valence-corrected chi connectivity index (χ0v) is 14.9. The van der Waals surface area contributed by atoms with Gasteiger partial charge in [0.1, 0.15) is 17.8 Å². The SMILES string of the molecule is CCCCCC[C@@H](C=O)[C@H]1C=C(c2ccccc2)Oc2ccccc21. The lowest BCUT2D eigenvalue weighted by atomic mass is 9.81. The Morgan fingerprint density at radius 2 is 1.76 bits per heavy atom. The van der Waals surface area contributed by atoms with E-state index >= 15 is 0 Å². The van der Waals surface area contributed by atoms with E-state index in [2.05, 4.69) is 19.1 Å². The zero-order chi connectivity index (χ0) is 17.5. The molecule has 0 aromatic heterocycles. The van der Waals surface area contributed by atoms with E-state index in [1.807, 2.05) is 48.5 Å². The summed E-state index contributed by atoms with van der Waals surface area (Å²) in [6.45, 7) is 2.21. The van der Waals surface area contributed by atoms with Crippen LogP contribution in [0, 0.1) is 5.92 Å². The minimum atomic E-state index is 0.000573. The van der Waals surface area contributed by atoms with Crippen molar-refractivity contribution in [1.29, 1.82) is 0 Å². The van der Waals surface area contributed by atoms with Gasteiger partial charge in [-0.05, 0) is 18.6 Å². The Kier molecular flexibility index (Phi) is 6.05. The van der Waals surface area contributed by atoms with Crippen LogP contribution < -0.4 is 4.74 Å². The summed E-state index contributed by atoms with van der Waals surface area (Å²) >= 11 is 0. The topological polar surface area (TPSA) is 26.3 Å². The van der Waals surface area contributed by atoms with Crippen LogP contribution in [0.3, 0.4) is 0 Å². The van der Waals surface area contributed by atoms with Gasteiger partial charge in [0.2, 0.25) is 0 Å². The first-order chi connectivity index (χ1) is 12.3. The maximum atomic E-state index is 11.9. The highest BCUT2D eigenvalue weighted by Gasteiger charge is 2.28. The molecule has 0 radical (unpaired) electrons. The summed E-state index contributed by atoms with van der Waals surface area (Å²) in [5, 5.41) is 0. The summed E-state index contributed by atoms with van der Waals surface area (Å²) in [6.07, 6.45) is 8.95. The highest BCUT2D eigenvalue weighted by Crippen LogP contribution is 2.41. The van der Waals surface area contributed by atoms with Crippen LogP contribution in [-0.4, -0.2) is 6.29 Å². The second-order valence-electron chi connectivity index (χ2n) is 6.71. The lowest BCUT2D eigenvalue weighted by molar-refractivity contribution is -0.111. The molecule has 0 amide bonds. The van der Waals surface area contributed by atoms with Crippen molar-refractivity contribution >= 4 is 12.0 Å². The first-order valence-electron chi connectivity index (χ1n) is 9.32. The number of ether oxygens (including phenoxy) is 1. The molecule has 25 heavy (non-hydrogen) atoms. The zero-order valence-electron chi connectivity index (χ0n) is 14.9. The number of allylic oxidation sites excluding steroid dienone is 1. The van der Waals surface area contributed by atoms with Crippen LogP contribution in [0.2, 0.25) is 0 Å². The van der Waals surface area contributed by atoms with E-state index in [1.54, 1.807) is 0 Å². The maximum absolute atomic E-state index is 11.9. The summed E-state index contributed by atoms with van der Waals surface area (Å²) in [7, 11) is 0. The van der Waals surface area contributed by atoms with E-state index in [9.17, 15) is 4.79 Å². The van der Waals surface area contributed by atoms with Crippen LogP contribution in [0.1, 0.15) is 56.1 Å². The minimum absolute atomic E-state index is 0.000573. The number of carbonyl (C=O) groups is 1. The van der Waals surface area contributed by atoms with Gasteiger partial charge in [-0.2, -0.15) is 0 Å². The molecule has 0 saturated heterocycles. The van der Waals surface area contributed by atoms with Gasteiger partial charge in [-0.1, -0.05) is 81.1 Å². The maximum Gasteiger partial charge on any atom is 0.131 e. The Hall–Kier alpha value is -2.35. The third kappa shape index (κ3) is 4.19. The molecule has 1 heterocycles. The molecule has 3 rings (SSSR count). The molecule has 1 aliphatic heterocycles. The van der Waals surface area contributed by atoms with Crippen LogP contribution in [0.4, 0.5) is 0 Å². The third-order valence-corrected chi connectivity index (χ3v) is 4.91. The Morgan fingerprint density at radius 1 is 1.00 bits per heavy atom. The second-order valence-corrected chi connectivity index (χ2v) is 6.71. The van der Waals surface area contributed by atoms with Gasteiger partial charge >= 0.3 is 0 Å². The molecule has 0 fully saturated rings. The molecule has 2 aromatic rings. The number of hydrogen-bond acceptors (Lipinski definition) is 2. The molecule has 130 valence electrons. The van der Waals surface area contributed by atoms with Crippen molar-refractivity contribution in [1.82, 2.24) is 0 Å². The van der Waals surface area contributed by atoms with Crippen LogP contribution in [0.15, 0.2) is 60.7 Å². The van der Waals surface area contributed by atoms with Crippen molar-refractivity contribution < 1.29 is 9.53 Å². The van der Waals surface area contributed by atoms with E-state index in [0.29, 0.717) is 0 Å². The molecule has 0 N–H and O–H groups in total. The normalized spacial score (nSPS) is 17.2. The van der Waals surface area contributed by atoms with Gasteiger partial charge in [-0.15, -0.1) is 0 Å². The number of unbranched alkanes of at least 4 members (excludes halogenated alkanes) is 3. The summed E-state index contributed by atoms with van der Waals surface area (Å²) in [5.41, 5.74) is 2.17. The molecule has 0 spiro atoms. The van der Waals surface area contributed by atoms with Crippen LogP contribution >= 0.6 is 0 Å². The predicted molar refractivity (Wildman–Crippen MR) is 103 cm³/mol. The van der Waals surface area contributed by atoms with E-state index in [1.165, 1.54) is 19.3 Å². The number of aldehydes is 1. The highest BCUT2D eigenvalue weighted by atomic mass is 16.5. The largest absolute Gasteiger partial charge is 0.457 e. The Balaban J connectivity index is 1.88. The van der Waals surface area contributed by atoms with Crippen molar-refractivity contribution in [3.8, 4) is 5.75 Å². The number of hydrogen-bond donors (Lipinski definition) is 0. The molecule has 0 aliphatic carbocycles. The quantitative estimate of drug-likeness (QED) is 0.438. The van der Waals surface area contributed by atoms with Gasteiger partial charge in [0.15, 0.2) is 0 Å². The molecule has 0 saturated carbocycles. The summed E-state index contributed by atoms with van der Waals surface area (Å²) in [6, 6.07) is 18.2. The lowest BCUT2D eigenvalue weighted by Crippen LogP contribution is -2.18. The van der Waals surface area contributed by atoms with Crippen molar-refractivity contribution in [3.63, 3.8) is 0 Å². The fourth-order valence-electron chi connectivity index (χ4n) is 3.51. The van der Waals surface area contributed by atoms with Crippen molar-refractivity contribution in [2.75, 3.05) is 0 Å². The van der Waals surface area contributed by atoms with E-state index < -0.39 is 0 Å². The molecule has 2 aromatic carbocycles. The van der Waals surface area contributed by atoms with Gasteiger partial charge in [0.25, 0.3) is 0 Å². The van der Waals surface area contributed by atoms with E-state index in [4.69, 9.17) is 4.74 Å². The van der Waals surface area contributed by atoms with Crippen LogP contribution in [0.25, 0.3) is 5.76 Å². The minimum Gasteiger partial charge on any atom is -0.457 e. The summed E-state index contributed by atoms with van der Waals surface area (Å²) in [5.74, 6) is 1.80. The fourth-order valence-corrected chi connectivity index (χ4v) is 3.51. The van der Waals surface area contributed by atoms with Gasteiger partial charge in [-0.25, -0.2) is 0 Å². The lowest BCUT2D eigenvalue weighted by Gasteiger charge is -2.28. The molecule has 2 atom stereocenters. The molecule has 1 aliphatic rings. The average molecular weight is 334 g/mol. The van der Waals surface area contributed by atoms with Crippen LogP contribution in [0.5, 0.6) is 5.75 Å².